The van der Waals surface area contributed by atoms with E-state index >= 15 is 0 Å². The first-order valence-electron chi connectivity index (χ1n) is 9.66. The molecule has 1 N–H and O–H groups in total. The largest absolute Gasteiger partial charge is 0.494 e. The highest BCUT2D eigenvalue weighted by Gasteiger charge is 2.18. The van der Waals surface area contributed by atoms with Gasteiger partial charge in [0, 0.05) is 20.6 Å². The van der Waals surface area contributed by atoms with Crippen LogP contribution in [-0.4, -0.2) is 31.5 Å². The summed E-state index contributed by atoms with van der Waals surface area (Å²) in [6.07, 6.45) is 3.49. The molecular weight excluding hydrogens is 372 g/mol. The molecule has 1 aromatic carbocycles. The lowest BCUT2D eigenvalue weighted by molar-refractivity contribution is 0.340. The zero-order chi connectivity index (χ0) is 21.0. The molecule has 0 radical (unpaired) electrons. The number of aromatic nitrogens is 4. The van der Waals surface area contributed by atoms with Crippen LogP contribution >= 0.6 is 0 Å². The van der Waals surface area contributed by atoms with Gasteiger partial charge < -0.3 is 9.30 Å². The van der Waals surface area contributed by atoms with Gasteiger partial charge in [-0.3, -0.25) is 13.9 Å². The van der Waals surface area contributed by atoms with E-state index in [4.69, 9.17) is 4.74 Å². The standard InChI is InChI=1S/C20H26N6O3/c1-5-7-12-26-16-17(24(3)20(28)25(4)18(16)27)22-19(26)23-21-13-14-8-10-15(11-9-14)29-6-2/h8-11,13H,5-7,12H2,1-4H3,(H,22,23)/b21-13-. The molecule has 0 bridgehead atoms. The topological polar surface area (TPSA) is 95.4 Å². The highest BCUT2D eigenvalue weighted by molar-refractivity contribution is 5.80. The van der Waals surface area contributed by atoms with E-state index < -0.39 is 5.69 Å². The fourth-order valence-electron chi connectivity index (χ4n) is 3.05. The number of hydrogen-bond donors (Lipinski definition) is 1. The van der Waals surface area contributed by atoms with Gasteiger partial charge in [0.1, 0.15) is 5.75 Å². The zero-order valence-corrected chi connectivity index (χ0v) is 17.2. The van der Waals surface area contributed by atoms with E-state index in [1.165, 1.54) is 11.6 Å². The number of hydrogen-bond acceptors (Lipinski definition) is 6. The van der Waals surface area contributed by atoms with Gasteiger partial charge in [0.05, 0.1) is 12.8 Å². The Morgan fingerprint density at radius 2 is 1.86 bits per heavy atom. The van der Waals surface area contributed by atoms with Crippen molar-refractivity contribution in [2.75, 3.05) is 12.0 Å². The lowest BCUT2D eigenvalue weighted by Crippen LogP contribution is -2.37. The number of benzene rings is 1. The molecular formula is C20H26N6O3. The van der Waals surface area contributed by atoms with E-state index in [0.717, 1.165) is 28.7 Å². The number of nitrogens with zero attached hydrogens (tertiary/aromatic N) is 5. The van der Waals surface area contributed by atoms with E-state index in [9.17, 15) is 9.59 Å². The average Bonchev–Trinajstić information content (AvgIpc) is 3.09. The maximum Gasteiger partial charge on any atom is 0.332 e. The Bertz CT molecular complexity index is 1140. The Morgan fingerprint density at radius 1 is 1.14 bits per heavy atom. The summed E-state index contributed by atoms with van der Waals surface area (Å²) in [5.41, 5.74) is 3.76. The third kappa shape index (κ3) is 4.08. The van der Waals surface area contributed by atoms with Gasteiger partial charge in [0.15, 0.2) is 11.2 Å². The molecule has 154 valence electrons. The number of rotatable bonds is 8. The zero-order valence-electron chi connectivity index (χ0n) is 17.2. The van der Waals surface area contributed by atoms with Crippen molar-refractivity contribution in [2.45, 2.75) is 33.2 Å². The molecule has 0 atom stereocenters. The van der Waals surface area contributed by atoms with Crippen LogP contribution in [0.3, 0.4) is 0 Å². The summed E-state index contributed by atoms with van der Waals surface area (Å²) in [5, 5.41) is 4.26. The monoisotopic (exact) mass is 398 g/mol. The third-order valence-corrected chi connectivity index (χ3v) is 4.65. The number of nitrogens with one attached hydrogen (secondary N) is 1. The lowest BCUT2D eigenvalue weighted by atomic mass is 10.2. The average molecular weight is 398 g/mol. The van der Waals surface area contributed by atoms with Gasteiger partial charge in [0.2, 0.25) is 5.95 Å². The Labute approximate surface area is 168 Å². The molecule has 3 rings (SSSR count). The van der Waals surface area contributed by atoms with Crippen molar-refractivity contribution in [3.05, 3.63) is 50.7 Å². The molecule has 0 fully saturated rings. The van der Waals surface area contributed by atoms with Gasteiger partial charge in [-0.2, -0.15) is 10.1 Å². The highest BCUT2D eigenvalue weighted by atomic mass is 16.5. The van der Waals surface area contributed by atoms with Gasteiger partial charge in [-0.15, -0.1) is 0 Å². The summed E-state index contributed by atoms with van der Waals surface area (Å²) in [4.78, 5) is 29.4. The Hall–Kier alpha value is -3.36. The number of fused-ring (bicyclic) bond motifs is 1. The van der Waals surface area contributed by atoms with Crippen molar-refractivity contribution in [2.24, 2.45) is 19.2 Å². The van der Waals surface area contributed by atoms with E-state index in [-0.39, 0.29) is 5.56 Å². The van der Waals surface area contributed by atoms with Gasteiger partial charge in [0.25, 0.3) is 5.56 Å². The summed E-state index contributed by atoms with van der Waals surface area (Å²) in [6.45, 7) is 5.23. The van der Waals surface area contributed by atoms with Gasteiger partial charge >= 0.3 is 5.69 Å². The molecule has 0 aliphatic rings. The van der Waals surface area contributed by atoms with Gasteiger partial charge in [-0.1, -0.05) is 13.3 Å². The Balaban J connectivity index is 1.95. The molecule has 3 aromatic rings. The SMILES string of the molecule is CCCCn1c(N/N=C\c2ccc(OCC)cc2)nc2c1c(=O)n(C)c(=O)n2C. The van der Waals surface area contributed by atoms with Crippen LogP contribution < -0.4 is 21.4 Å². The maximum atomic E-state index is 12.7. The van der Waals surface area contributed by atoms with Crippen LogP contribution in [0.15, 0.2) is 39.0 Å². The van der Waals surface area contributed by atoms with E-state index in [1.807, 2.05) is 31.2 Å². The van der Waals surface area contributed by atoms with Crippen molar-refractivity contribution < 1.29 is 4.74 Å². The van der Waals surface area contributed by atoms with Crippen molar-refractivity contribution in [3.63, 3.8) is 0 Å². The summed E-state index contributed by atoms with van der Waals surface area (Å²) in [7, 11) is 3.08. The third-order valence-electron chi connectivity index (χ3n) is 4.65. The summed E-state index contributed by atoms with van der Waals surface area (Å²) in [5.74, 6) is 1.23. The minimum Gasteiger partial charge on any atom is -0.494 e. The summed E-state index contributed by atoms with van der Waals surface area (Å²) in [6, 6.07) is 7.55. The van der Waals surface area contributed by atoms with Crippen molar-refractivity contribution in [1.29, 1.82) is 0 Å². The van der Waals surface area contributed by atoms with E-state index in [2.05, 4.69) is 22.4 Å². The normalized spacial score (nSPS) is 11.4. The van der Waals surface area contributed by atoms with Crippen LogP contribution in [-0.2, 0) is 20.6 Å². The van der Waals surface area contributed by atoms with Crippen LogP contribution in [0, 0.1) is 0 Å². The Morgan fingerprint density at radius 3 is 2.52 bits per heavy atom. The second kappa shape index (κ2) is 8.76. The summed E-state index contributed by atoms with van der Waals surface area (Å²) >= 11 is 0. The number of unbranched alkanes of at least 4 members (excludes halogenated alkanes) is 1. The van der Waals surface area contributed by atoms with Gasteiger partial charge in [-0.25, -0.2) is 10.2 Å². The molecule has 0 aliphatic carbocycles. The minimum atomic E-state index is -0.410. The van der Waals surface area contributed by atoms with Gasteiger partial charge in [-0.05, 0) is 43.2 Å². The Kier molecular flexibility index (Phi) is 6.16. The van der Waals surface area contributed by atoms with Crippen LogP contribution in [0.25, 0.3) is 11.2 Å². The van der Waals surface area contributed by atoms with E-state index in [1.54, 1.807) is 17.8 Å². The molecule has 0 unspecified atom stereocenters. The molecule has 0 spiro atoms. The lowest BCUT2D eigenvalue weighted by Gasteiger charge is -2.08. The first kappa shape index (κ1) is 20.4. The molecule has 9 nitrogen and oxygen atoms in total. The van der Waals surface area contributed by atoms with Crippen LogP contribution in [0.1, 0.15) is 32.3 Å². The second-order valence-corrected chi connectivity index (χ2v) is 6.69. The van der Waals surface area contributed by atoms with E-state index in [0.29, 0.717) is 30.3 Å². The molecule has 0 saturated carbocycles. The number of ether oxygens (including phenoxy) is 1. The molecule has 0 amide bonds. The van der Waals surface area contributed by atoms with Crippen molar-refractivity contribution in [1.82, 2.24) is 18.7 Å². The molecule has 0 saturated heterocycles. The molecule has 2 heterocycles. The summed E-state index contributed by atoms with van der Waals surface area (Å²) < 4.78 is 9.69. The fourth-order valence-corrected chi connectivity index (χ4v) is 3.05. The van der Waals surface area contributed by atoms with Crippen LogP contribution in [0.4, 0.5) is 5.95 Å². The number of imidazole rings is 1. The number of anilines is 1. The number of aryl methyl sites for hydroxylation is 2. The maximum absolute atomic E-state index is 12.7. The predicted molar refractivity (Wildman–Crippen MR) is 114 cm³/mol. The first-order valence-corrected chi connectivity index (χ1v) is 9.66. The van der Waals surface area contributed by atoms with Crippen molar-refractivity contribution >= 4 is 23.3 Å². The minimum absolute atomic E-state index is 0.341. The molecule has 9 heteroatoms. The van der Waals surface area contributed by atoms with Crippen molar-refractivity contribution in [3.8, 4) is 5.75 Å². The predicted octanol–water partition coefficient (Wildman–Crippen LogP) is 2.08. The number of hydrazone groups is 1. The van der Waals surface area contributed by atoms with Crippen LogP contribution in [0.5, 0.6) is 5.75 Å². The smallest absolute Gasteiger partial charge is 0.332 e. The molecule has 0 aliphatic heterocycles. The highest BCUT2D eigenvalue weighted by Crippen LogP contribution is 2.17. The first-order chi connectivity index (χ1) is 14.0. The fraction of sp³-hybridized carbons (Fsp3) is 0.400. The molecule has 29 heavy (non-hydrogen) atoms. The second-order valence-electron chi connectivity index (χ2n) is 6.69. The van der Waals surface area contributed by atoms with Crippen LogP contribution in [0.2, 0.25) is 0 Å². The quantitative estimate of drug-likeness (QED) is 0.463. The molecule has 2 aromatic heterocycles.